The summed E-state index contributed by atoms with van der Waals surface area (Å²) in [6.45, 7) is 8.43. The van der Waals surface area contributed by atoms with Crippen molar-refractivity contribution >= 4 is 12.0 Å². The zero-order chi connectivity index (χ0) is 20.2. The molecule has 1 N–H and O–H groups in total. The lowest BCUT2D eigenvalue weighted by Crippen LogP contribution is -2.53. The highest BCUT2D eigenvalue weighted by Crippen LogP contribution is 2.28. The summed E-state index contributed by atoms with van der Waals surface area (Å²) < 4.78 is 5.13. The molecule has 7 nitrogen and oxygen atoms in total. The van der Waals surface area contributed by atoms with Crippen LogP contribution in [-0.2, 0) is 9.53 Å². The third-order valence-corrected chi connectivity index (χ3v) is 7.35. The summed E-state index contributed by atoms with van der Waals surface area (Å²) >= 11 is 0. The molecular weight excluding hydrogens is 368 g/mol. The number of piperidine rings is 3. The third-order valence-electron chi connectivity index (χ3n) is 7.35. The molecule has 4 fully saturated rings. The number of hydrogen-bond donors (Lipinski definition) is 1. The Hall–Kier alpha value is -1.34. The second-order valence-corrected chi connectivity index (χ2v) is 9.28. The number of nitrogens with one attached hydrogen (secondary N) is 1. The lowest BCUT2D eigenvalue weighted by molar-refractivity contribution is -0.126. The van der Waals surface area contributed by atoms with E-state index in [1.165, 1.54) is 25.7 Å². The molecule has 0 aromatic rings. The Labute approximate surface area is 175 Å². The molecule has 29 heavy (non-hydrogen) atoms. The van der Waals surface area contributed by atoms with Crippen molar-refractivity contribution in [2.24, 2.45) is 5.92 Å². The van der Waals surface area contributed by atoms with Gasteiger partial charge in [0.2, 0.25) is 5.91 Å². The predicted molar refractivity (Wildman–Crippen MR) is 112 cm³/mol. The van der Waals surface area contributed by atoms with Crippen LogP contribution in [0.1, 0.15) is 58.3 Å². The van der Waals surface area contributed by atoms with Crippen molar-refractivity contribution in [1.82, 2.24) is 20.0 Å². The summed E-state index contributed by atoms with van der Waals surface area (Å²) in [7, 11) is 0. The number of carbonyl (C=O) groups excluding carboxylic acids is 2. The van der Waals surface area contributed by atoms with E-state index >= 15 is 0 Å². The van der Waals surface area contributed by atoms with E-state index in [1.807, 2.05) is 11.8 Å². The number of hydrogen-bond acceptors (Lipinski definition) is 5. The zero-order valence-corrected chi connectivity index (χ0v) is 18.0. The summed E-state index contributed by atoms with van der Waals surface area (Å²) in [5.74, 6) is 0.535. The van der Waals surface area contributed by atoms with Gasteiger partial charge in [-0.05, 0) is 84.5 Å². The molecule has 164 valence electrons. The molecule has 1 aliphatic carbocycles. The van der Waals surface area contributed by atoms with Crippen molar-refractivity contribution in [2.45, 2.75) is 76.4 Å². The molecule has 0 spiro atoms. The van der Waals surface area contributed by atoms with Gasteiger partial charge in [0.05, 0.1) is 6.61 Å². The number of nitrogens with zero attached hydrogens (tertiary/aromatic N) is 3. The van der Waals surface area contributed by atoms with Crippen molar-refractivity contribution in [3.8, 4) is 0 Å². The van der Waals surface area contributed by atoms with Gasteiger partial charge in [-0.15, -0.1) is 0 Å². The van der Waals surface area contributed by atoms with Gasteiger partial charge < -0.3 is 24.8 Å². The van der Waals surface area contributed by atoms with E-state index in [-0.39, 0.29) is 12.0 Å². The van der Waals surface area contributed by atoms with Crippen LogP contribution in [0.5, 0.6) is 0 Å². The molecule has 0 bridgehead atoms. The van der Waals surface area contributed by atoms with Gasteiger partial charge >= 0.3 is 6.09 Å². The normalized spacial score (nSPS) is 26.4. The van der Waals surface area contributed by atoms with Crippen LogP contribution in [0.25, 0.3) is 0 Å². The minimum atomic E-state index is -0.154. The first kappa shape index (κ1) is 20.9. The average Bonchev–Trinajstić information content (AvgIpc) is 3.58. The Bertz CT molecular complexity index is 558. The molecule has 3 heterocycles. The van der Waals surface area contributed by atoms with Crippen LogP contribution in [0.3, 0.4) is 0 Å². The van der Waals surface area contributed by atoms with Gasteiger partial charge in [-0.2, -0.15) is 0 Å². The van der Waals surface area contributed by atoms with E-state index in [0.717, 1.165) is 65.0 Å². The average molecular weight is 407 g/mol. The lowest BCUT2D eigenvalue weighted by Gasteiger charge is -2.45. The first-order chi connectivity index (χ1) is 14.1. The standard InChI is InChI=1S/C22H38N4O3/c1-2-29-22(28)26-15-9-20(10-16-26)25-13-7-19(8-14-25)24-11-5-17(6-12-24)21(27)23-18-3-4-18/h17-20H,2-16H2,1H3,(H,23,27). The summed E-state index contributed by atoms with van der Waals surface area (Å²) in [5, 5.41) is 3.18. The van der Waals surface area contributed by atoms with E-state index < -0.39 is 0 Å². The highest BCUT2D eigenvalue weighted by atomic mass is 16.6. The minimum Gasteiger partial charge on any atom is -0.450 e. The summed E-state index contributed by atoms with van der Waals surface area (Å²) in [4.78, 5) is 31.3. The fourth-order valence-electron chi connectivity index (χ4n) is 5.32. The van der Waals surface area contributed by atoms with Crippen molar-refractivity contribution < 1.29 is 14.3 Å². The molecule has 2 amide bonds. The molecule has 3 aliphatic heterocycles. The number of carbonyl (C=O) groups is 2. The molecule has 0 aromatic carbocycles. The second kappa shape index (κ2) is 9.65. The van der Waals surface area contributed by atoms with Crippen molar-refractivity contribution in [2.75, 3.05) is 45.9 Å². The monoisotopic (exact) mass is 406 g/mol. The van der Waals surface area contributed by atoms with Crippen molar-refractivity contribution in [1.29, 1.82) is 0 Å². The van der Waals surface area contributed by atoms with Crippen LogP contribution in [0, 0.1) is 5.92 Å². The van der Waals surface area contributed by atoms with E-state index in [2.05, 4.69) is 15.1 Å². The largest absolute Gasteiger partial charge is 0.450 e. The predicted octanol–water partition coefficient (Wildman–Crippen LogP) is 2.06. The fraction of sp³-hybridized carbons (Fsp3) is 0.909. The van der Waals surface area contributed by atoms with Crippen LogP contribution in [0.2, 0.25) is 0 Å². The van der Waals surface area contributed by atoms with E-state index in [1.54, 1.807) is 0 Å². The SMILES string of the molecule is CCOC(=O)N1CCC(N2CCC(N3CCC(C(=O)NC4CC4)CC3)CC2)CC1. The van der Waals surface area contributed by atoms with Gasteiger partial charge in [-0.1, -0.05) is 0 Å². The molecule has 0 unspecified atom stereocenters. The lowest BCUT2D eigenvalue weighted by atomic mass is 9.92. The number of ether oxygens (including phenoxy) is 1. The van der Waals surface area contributed by atoms with Gasteiger partial charge in [0, 0.05) is 37.1 Å². The Balaban J connectivity index is 1.15. The van der Waals surface area contributed by atoms with Crippen LogP contribution in [0.15, 0.2) is 0 Å². The number of amides is 2. The topological polar surface area (TPSA) is 65.1 Å². The summed E-state index contributed by atoms with van der Waals surface area (Å²) in [5.41, 5.74) is 0. The van der Waals surface area contributed by atoms with Gasteiger partial charge in [-0.3, -0.25) is 4.79 Å². The highest BCUT2D eigenvalue weighted by molar-refractivity contribution is 5.79. The molecular formula is C22H38N4O3. The number of rotatable bonds is 5. The first-order valence-electron chi connectivity index (χ1n) is 11.8. The van der Waals surface area contributed by atoms with Crippen LogP contribution >= 0.6 is 0 Å². The molecule has 3 saturated heterocycles. The number of likely N-dealkylation sites (tertiary alicyclic amines) is 3. The Morgan fingerprint density at radius 2 is 1.31 bits per heavy atom. The van der Waals surface area contributed by atoms with Crippen LogP contribution in [0.4, 0.5) is 4.79 Å². The maximum Gasteiger partial charge on any atom is 0.409 e. The maximum atomic E-state index is 12.3. The molecule has 4 aliphatic rings. The summed E-state index contributed by atoms with van der Waals surface area (Å²) in [6.07, 6.45) is 8.81. The van der Waals surface area contributed by atoms with E-state index in [0.29, 0.717) is 30.6 Å². The molecule has 4 rings (SSSR count). The van der Waals surface area contributed by atoms with Crippen molar-refractivity contribution in [3.63, 3.8) is 0 Å². The van der Waals surface area contributed by atoms with Gasteiger partial charge in [0.1, 0.15) is 0 Å². The second-order valence-electron chi connectivity index (χ2n) is 9.28. The molecule has 0 atom stereocenters. The Morgan fingerprint density at radius 3 is 1.83 bits per heavy atom. The smallest absolute Gasteiger partial charge is 0.409 e. The Kier molecular flexibility index (Phi) is 6.96. The van der Waals surface area contributed by atoms with E-state index in [4.69, 9.17) is 4.74 Å². The molecule has 1 saturated carbocycles. The molecule has 0 aromatic heterocycles. The summed E-state index contributed by atoms with van der Waals surface area (Å²) in [6, 6.07) is 1.77. The van der Waals surface area contributed by atoms with Crippen LogP contribution in [-0.4, -0.2) is 90.7 Å². The third kappa shape index (κ3) is 5.43. The maximum absolute atomic E-state index is 12.3. The van der Waals surface area contributed by atoms with Gasteiger partial charge in [-0.25, -0.2) is 4.79 Å². The molecule has 0 radical (unpaired) electrons. The molecule has 7 heteroatoms. The fourth-order valence-corrected chi connectivity index (χ4v) is 5.32. The quantitative estimate of drug-likeness (QED) is 0.757. The van der Waals surface area contributed by atoms with Crippen molar-refractivity contribution in [3.05, 3.63) is 0 Å². The van der Waals surface area contributed by atoms with E-state index in [9.17, 15) is 9.59 Å². The van der Waals surface area contributed by atoms with Gasteiger partial charge in [0.25, 0.3) is 0 Å². The van der Waals surface area contributed by atoms with Gasteiger partial charge in [0.15, 0.2) is 0 Å². The Morgan fingerprint density at radius 1 is 0.793 bits per heavy atom. The van der Waals surface area contributed by atoms with Crippen LogP contribution < -0.4 is 5.32 Å². The first-order valence-corrected chi connectivity index (χ1v) is 11.8. The minimum absolute atomic E-state index is 0.154. The zero-order valence-electron chi connectivity index (χ0n) is 18.0. The highest BCUT2D eigenvalue weighted by Gasteiger charge is 2.34.